The van der Waals surface area contributed by atoms with Crippen LogP contribution in [-0.4, -0.2) is 34.6 Å². The summed E-state index contributed by atoms with van der Waals surface area (Å²) < 4.78 is 44.2. The standard InChI is InChI=1S/C17H19F3N4O/c1-12-4-2-6-15(22-12)25-11-13-5-3-9-24(10-13)16-21-8-7-14(23-16)17(18,19)20/h2,4,6-8,13H,3,5,9-11H2,1H3. The summed E-state index contributed by atoms with van der Waals surface area (Å²) in [5, 5.41) is 0. The molecule has 0 amide bonds. The maximum absolute atomic E-state index is 12.8. The van der Waals surface area contributed by atoms with Gasteiger partial charge in [-0.1, -0.05) is 6.07 Å². The van der Waals surface area contributed by atoms with Crippen molar-refractivity contribution in [3.8, 4) is 5.88 Å². The van der Waals surface area contributed by atoms with Crippen LogP contribution in [0.4, 0.5) is 19.1 Å². The molecule has 2 aromatic rings. The SMILES string of the molecule is Cc1cccc(OCC2CCCN(c3nccc(C(F)(F)F)n3)C2)n1. The first kappa shape index (κ1) is 17.4. The summed E-state index contributed by atoms with van der Waals surface area (Å²) in [5.74, 6) is 0.870. The van der Waals surface area contributed by atoms with E-state index < -0.39 is 11.9 Å². The van der Waals surface area contributed by atoms with Gasteiger partial charge in [-0.25, -0.2) is 15.0 Å². The number of halogens is 3. The van der Waals surface area contributed by atoms with Gasteiger partial charge in [0.2, 0.25) is 11.8 Å². The Balaban J connectivity index is 1.63. The molecule has 1 unspecified atom stereocenters. The highest BCUT2D eigenvalue weighted by molar-refractivity contribution is 5.31. The lowest BCUT2D eigenvalue weighted by molar-refractivity contribution is -0.141. The average Bonchev–Trinajstić information content (AvgIpc) is 2.60. The molecule has 1 saturated heterocycles. The summed E-state index contributed by atoms with van der Waals surface area (Å²) >= 11 is 0. The molecule has 3 heterocycles. The molecule has 1 fully saturated rings. The van der Waals surface area contributed by atoms with Gasteiger partial charge < -0.3 is 9.64 Å². The van der Waals surface area contributed by atoms with E-state index in [-0.39, 0.29) is 11.9 Å². The van der Waals surface area contributed by atoms with Crippen molar-refractivity contribution in [3.05, 3.63) is 41.9 Å². The number of piperidine rings is 1. The van der Waals surface area contributed by atoms with Crippen molar-refractivity contribution >= 4 is 5.95 Å². The predicted molar refractivity (Wildman–Crippen MR) is 86.4 cm³/mol. The van der Waals surface area contributed by atoms with Crippen LogP contribution in [0.5, 0.6) is 5.88 Å². The zero-order chi connectivity index (χ0) is 17.9. The van der Waals surface area contributed by atoms with Gasteiger partial charge in [0.1, 0.15) is 5.69 Å². The molecule has 0 saturated carbocycles. The van der Waals surface area contributed by atoms with Crippen molar-refractivity contribution in [2.24, 2.45) is 5.92 Å². The second-order valence-corrected chi connectivity index (χ2v) is 6.12. The molecule has 2 aromatic heterocycles. The Labute approximate surface area is 143 Å². The maximum atomic E-state index is 12.8. The van der Waals surface area contributed by atoms with Crippen LogP contribution in [-0.2, 0) is 6.18 Å². The highest BCUT2D eigenvalue weighted by Gasteiger charge is 2.33. The quantitative estimate of drug-likeness (QED) is 0.843. The van der Waals surface area contributed by atoms with Gasteiger partial charge in [0, 0.05) is 37.0 Å². The summed E-state index contributed by atoms with van der Waals surface area (Å²) in [4.78, 5) is 13.7. The molecule has 0 radical (unpaired) electrons. The molecule has 134 valence electrons. The Kier molecular flexibility index (Phi) is 5.06. The number of hydrogen-bond donors (Lipinski definition) is 0. The molecular weight excluding hydrogens is 333 g/mol. The van der Waals surface area contributed by atoms with Crippen molar-refractivity contribution in [3.63, 3.8) is 0 Å². The first-order valence-electron chi connectivity index (χ1n) is 8.13. The van der Waals surface area contributed by atoms with E-state index in [1.165, 1.54) is 0 Å². The van der Waals surface area contributed by atoms with E-state index in [2.05, 4.69) is 15.0 Å². The minimum atomic E-state index is -4.47. The van der Waals surface area contributed by atoms with Crippen molar-refractivity contribution in [2.45, 2.75) is 25.9 Å². The van der Waals surface area contributed by atoms with Crippen molar-refractivity contribution < 1.29 is 17.9 Å². The Hall–Kier alpha value is -2.38. The topological polar surface area (TPSA) is 51.1 Å². The van der Waals surface area contributed by atoms with Crippen molar-refractivity contribution in [2.75, 3.05) is 24.6 Å². The predicted octanol–water partition coefficient (Wildman–Crippen LogP) is 3.49. The average molecular weight is 352 g/mol. The van der Waals surface area contributed by atoms with Gasteiger partial charge in [0.15, 0.2) is 0 Å². The summed E-state index contributed by atoms with van der Waals surface area (Å²) in [6.45, 7) is 3.56. The van der Waals surface area contributed by atoms with Crippen molar-refractivity contribution in [1.82, 2.24) is 15.0 Å². The van der Waals surface area contributed by atoms with E-state index in [1.54, 1.807) is 11.0 Å². The Morgan fingerprint density at radius 1 is 1.24 bits per heavy atom. The van der Waals surface area contributed by atoms with Crippen LogP contribution in [0.15, 0.2) is 30.5 Å². The molecule has 0 N–H and O–H groups in total. The zero-order valence-electron chi connectivity index (χ0n) is 13.8. The molecule has 0 spiro atoms. The lowest BCUT2D eigenvalue weighted by Gasteiger charge is -2.32. The third-order valence-corrected chi connectivity index (χ3v) is 4.06. The molecule has 0 aromatic carbocycles. The molecule has 1 aliphatic heterocycles. The number of nitrogens with zero attached hydrogens (tertiary/aromatic N) is 4. The summed E-state index contributed by atoms with van der Waals surface area (Å²) in [6.07, 6.45) is -1.51. The minimum absolute atomic E-state index is 0.119. The van der Waals surface area contributed by atoms with Gasteiger partial charge in [0.05, 0.1) is 6.61 Å². The van der Waals surface area contributed by atoms with Gasteiger partial charge >= 0.3 is 6.18 Å². The summed E-state index contributed by atoms with van der Waals surface area (Å²) in [5.41, 5.74) is -0.0417. The molecule has 3 rings (SSSR count). The summed E-state index contributed by atoms with van der Waals surface area (Å²) in [6, 6.07) is 6.45. The Bertz CT molecular complexity index is 723. The van der Waals surface area contributed by atoms with Gasteiger partial charge in [-0.2, -0.15) is 13.2 Å². The number of ether oxygens (including phenoxy) is 1. The normalized spacial score (nSPS) is 18.2. The number of anilines is 1. The molecule has 25 heavy (non-hydrogen) atoms. The van der Waals surface area contributed by atoms with Gasteiger partial charge in [0.25, 0.3) is 0 Å². The molecular formula is C17H19F3N4O. The van der Waals surface area contributed by atoms with Crippen LogP contribution in [0.25, 0.3) is 0 Å². The monoisotopic (exact) mass is 352 g/mol. The van der Waals surface area contributed by atoms with Gasteiger partial charge in [-0.15, -0.1) is 0 Å². The van der Waals surface area contributed by atoms with Gasteiger partial charge in [-0.3, -0.25) is 0 Å². The highest BCUT2D eigenvalue weighted by atomic mass is 19.4. The third kappa shape index (κ3) is 4.58. The third-order valence-electron chi connectivity index (χ3n) is 4.06. The number of rotatable bonds is 4. The van der Waals surface area contributed by atoms with Crippen LogP contribution in [0.3, 0.4) is 0 Å². The van der Waals surface area contributed by atoms with Gasteiger partial charge in [-0.05, 0) is 31.9 Å². The summed E-state index contributed by atoms with van der Waals surface area (Å²) in [7, 11) is 0. The molecule has 1 atom stereocenters. The zero-order valence-corrected chi connectivity index (χ0v) is 13.8. The molecule has 1 aliphatic rings. The van der Waals surface area contributed by atoms with E-state index in [1.807, 2.05) is 19.1 Å². The van der Waals surface area contributed by atoms with E-state index in [9.17, 15) is 13.2 Å². The number of pyridine rings is 1. The number of alkyl halides is 3. The maximum Gasteiger partial charge on any atom is 0.433 e. The van der Waals surface area contributed by atoms with Crippen LogP contribution in [0, 0.1) is 12.8 Å². The van der Waals surface area contributed by atoms with Crippen LogP contribution in [0.2, 0.25) is 0 Å². The Morgan fingerprint density at radius 2 is 2.08 bits per heavy atom. The first-order valence-corrected chi connectivity index (χ1v) is 8.13. The van der Waals surface area contributed by atoms with E-state index in [0.29, 0.717) is 25.6 Å². The van der Waals surface area contributed by atoms with Crippen LogP contribution in [0.1, 0.15) is 24.2 Å². The smallest absolute Gasteiger partial charge is 0.433 e. The molecule has 5 nitrogen and oxygen atoms in total. The highest BCUT2D eigenvalue weighted by Crippen LogP contribution is 2.29. The minimum Gasteiger partial charge on any atom is -0.477 e. The lowest BCUT2D eigenvalue weighted by Crippen LogP contribution is -2.39. The Morgan fingerprint density at radius 3 is 2.84 bits per heavy atom. The number of aryl methyl sites for hydroxylation is 1. The fourth-order valence-electron chi connectivity index (χ4n) is 2.84. The van der Waals surface area contributed by atoms with E-state index >= 15 is 0 Å². The van der Waals surface area contributed by atoms with Crippen LogP contribution < -0.4 is 9.64 Å². The number of aromatic nitrogens is 3. The number of hydrogen-bond acceptors (Lipinski definition) is 5. The molecule has 0 bridgehead atoms. The largest absolute Gasteiger partial charge is 0.477 e. The van der Waals surface area contributed by atoms with E-state index in [0.717, 1.165) is 30.8 Å². The fraction of sp³-hybridized carbons (Fsp3) is 0.471. The second-order valence-electron chi connectivity index (χ2n) is 6.12. The first-order chi connectivity index (χ1) is 11.9. The fourth-order valence-corrected chi connectivity index (χ4v) is 2.84. The molecule has 0 aliphatic carbocycles. The lowest BCUT2D eigenvalue weighted by atomic mass is 9.99. The van der Waals surface area contributed by atoms with Crippen molar-refractivity contribution in [1.29, 1.82) is 0 Å². The second kappa shape index (κ2) is 7.25. The van der Waals surface area contributed by atoms with Crippen LogP contribution >= 0.6 is 0 Å². The molecule has 8 heteroatoms. The van der Waals surface area contributed by atoms with E-state index in [4.69, 9.17) is 4.74 Å².